The highest BCUT2D eigenvalue weighted by Gasteiger charge is 2.31. The largest absolute Gasteiger partial charge is 0.453 e. The van der Waals surface area contributed by atoms with E-state index in [9.17, 15) is 18.8 Å². The summed E-state index contributed by atoms with van der Waals surface area (Å²) >= 11 is 6.33. The summed E-state index contributed by atoms with van der Waals surface area (Å²) in [5.41, 5.74) is 0.803. The fourth-order valence-electron chi connectivity index (χ4n) is 3.78. The van der Waals surface area contributed by atoms with E-state index in [4.69, 9.17) is 16.7 Å². The number of aliphatic hydroxyl groups excluding tert-OH is 1. The minimum absolute atomic E-state index is 0.0604. The summed E-state index contributed by atoms with van der Waals surface area (Å²) in [7, 11) is 1.27. The molecule has 1 atom stereocenters. The van der Waals surface area contributed by atoms with Crippen molar-refractivity contribution in [2.45, 2.75) is 44.2 Å². The summed E-state index contributed by atoms with van der Waals surface area (Å²) in [5.74, 6) is -0.795. The lowest BCUT2D eigenvalue weighted by Gasteiger charge is -2.31. The van der Waals surface area contributed by atoms with Gasteiger partial charge in [0.15, 0.2) is 0 Å². The second kappa shape index (κ2) is 15.0. The smallest absolute Gasteiger partial charge is 0.406 e. The maximum absolute atomic E-state index is 13.7. The van der Waals surface area contributed by atoms with Crippen molar-refractivity contribution >= 4 is 35.7 Å². The van der Waals surface area contributed by atoms with Crippen LogP contribution in [0, 0.1) is 5.82 Å². The van der Waals surface area contributed by atoms with Crippen LogP contribution in [0.3, 0.4) is 0 Å². The molecule has 0 aromatic heterocycles. The molecule has 10 heteroatoms. The number of methoxy groups -OCH3 is 1. The molecule has 1 unspecified atom stereocenters. The minimum Gasteiger partial charge on any atom is -0.453 e. The maximum Gasteiger partial charge on any atom is 0.406 e. The Bertz CT molecular complexity index is 972. The molecule has 1 aliphatic rings. The van der Waals surface area contributed by atoms with Crippen LogP contribution in [0.4, 0.5) is 14.9 Å². The van der Waals surface area contributed by atoms with Gasteiger partial charge in [-0.15, -0.1) is 0 Å². The van der Waals surface area contributed by atoms with Gasteiger partial charge in [-0.05, 0) is 37.1 Å². The molecule has 3 rings (SSSR count). The number of halogens is 2. The van der Waals surface area contributed by atoms with E-state index in [1.807, 2.05) is 0 Å². The highest BCUT2D eigenvalue weighted by Crippen LogP contribution is 2.31. The molecule has 0 bridgehead atoms. The number of anilines is 1. The fraction of sp³-hybridized carbons (Fsp3) is 0.400. The van der Waals surface area contributed by atoms with Gasteiger partial charge in [-0.2, -0.15) is 0 Å². The SMILES string of the molecule is COC(=O)NCCO.O=CN(c1cccc(F)c1)C(C(=O)NC1CCCCC1)c1ccccc1Cl. The Labute approximate surface area is 209 Å². The first kappa shape index (κ1) is 28.1. The summed E-state index contributed by atoms with van der Waals surface area (Å²) in [6.07, 6.45) is 5.18. The van der Waals surface area contributed by atoms with Gasteiger partial charge in [-0.1, -0.05) is 55.1 Å². The molecule has 35 heavy (non-hydrogen) atoms. The maximum atomic E-state index is 13.7. The quantitative estimate of drug-likeness (QED) is 0.469. The van der Waals surface area contributed by atoms with Crippen LogP contribution >= 0.6 is 11.6 Å². The summed E-state index contributed by atoms with van der Waals surface area (Å²) < 4.78 is 17.9. The number of nitrogens with one attached hydrogen (secondary N) is 2. The number of aliphatic hydroxyl groups is 1. The van der Waals surface area contributed by atoms with Crippen molar-refractivity contribution in [1.82, 2.24) is 10.6 Å². The fourth-order valence-corrected chi connectivity index (χ4v) is 4.02. The molecule has 0 spiro atoms. The summed E-state index contributed by atoms with van der Waals surface area (Å²) in [6, 6.07) is 11.6. The van der Waals surface area contributed by atoms with E-state index in [0.717, 1.165) is 25.7 Å². The van der Waals surface area contributed by atoms with Crippen molar-refractivity contribution in [2.24, 2.45) is 0 Å². The normalized spacial score (nSPS) is 14.1. The number of hydrogen-bond donors (Lipinski definition) is 3. The van der Waals surface area contributed by atoms with Crippen molar-refractivity contribution in [3.05, 3.63) is 64.9 Å². The first-order chi connectivity index (χ1) is 16.9. The van der Waals surface area contributed by atoms with E-state index in [1.165, 1.54) is 36.6 Å². The molecule has 2 aromatic carbocycles. The monoisotopic (exact) mass is 507 g/mol. The van der Waals surface area contributed by atoms with Gasteiger partial charge >= 0.3 is 6.09 Å². The molecule has 0 saturated heterocycles. The lowest BCUT2D eigenvalue weighted by atomic mass is 9.94. The summed E-state index contributed by atoms with van der Waals surface area (Å²) in [6.45, 7) is 0.182. The molecule has 0 heterocycles. The van der Waals surface area contributed by atoms with Crippen molar-refractivity contribution in [3.63, 3.8) is 0 Å². The number of nitrogens with zero attached hydrogens (tertiary/aromatic N) is 1. The van der Waals surface area contributed by atoms with Crippen LogP contribution in [0.2, 0.25) is 5.02 Å². The molecule has 190 valence electrons. The zero-order valence-corrected chi connectivity index (χ0v) is 20.3. The standard InChI is InChI=1S/C21H22ClFN2O2.C4H9NO3/c22-19-12-5-4-11-18(19)20(21(27)24-16-8-2-1-3-9-16)25(14-26)17-10-6-7-15(23)13-17;1-8-4(7)5-2-3-6/h4-7,10-14,16,20H,1-3,8-9H2,(H,24,27);6H,2-3H2,1H3,(H,5,7). The number of benzene rings is 2. The number of carbonyl (C=O) groups is 3. The molecule has 8 nitrogen and oxygen atoms in total. The predicted molar refractivity (Wildman–Crippen MR) is 132 cm³/mol. The Morgan fingerprint density at radius 3 is 2.51 bits per heavy atom. The van der Waals surface area contributed by atoms with Gasteiger partial charge in [-0.3, -0.25) is 14.5 Å². The lowest BCUT2D eigenvalue weighted by molar-refractivity contribution is -0.124. The first-order valence-corrected chi connectivity index (χ1v) is 11.8. The van der Waals surface area contributed by atoms with Crippen molar-refractivity contribution < 1.29 is 28.6 Å². The first-order valence-electron chi connectivity index (χ1n) is 11.4. The highest BCUT2D eigenvalue weighted by molar-refractivity contribution is 6.31. The van der Waals surface area contributed by atoms with Crippen molar-refractivity contribution in [3.8, 4) is 0 Å². The molecule has 0 aliphatic heterocycles. The lowest BCUT2D eigenvalue weighted by Crippen LogP contribution is -2.45. The van der Waals surface area contributed by atoms with Crippen molar-refractivity contribution in [2.75, 3.05) is 25.2 Å². The summed E-state index contributed by atoms with van der Waals surface area (Å²) in [4.78, 5) is 36.4. The number of rotatable bonds is 8. The number of carbonyl (C=O) groups excluding carboxylic acids is 3. The van der Waals surface area contributed by atoms with Crippen LogP contribution in [-0.2, 0) is 14.3 Å². The number of hydrogen-bond acceptors (Lipinski definition) is 5. The molecule has 1 saturated carbocycles. The Morgan fingerprint density at radius 2 is 1.91 bits per heavy atom. The van der Waals surface area contributed by atoms with Crippen LogP contribution < -0.4 is 15.5 Å². The van der Waals surface area contributed by atoms with Crippen LogP contribution in [0.25, 0.3) is 0 Å². The van der Waals surface area contributed by atoms with E-state index < -0.39 is 18.0 Å². The number of amides is 3. The van der Waals surface area contributed by atoms with E-state index >= 15 is 0 Å². The van der Waals surface area contributed by atoms with Crippen LogP contribution in [0.5, 0.6) is 0 Å². The van der Waals surface area contributed by atoms with Gasteiger partial charge in [0, 0.05) is 28.9 Å². The highest BCUT2D eigenvalue weighted by atomic mass is 35.5. The third-order valence-electron chi connectivity index (χ3n) is 5.46. The van der Waals surface area contributed by atoms with Gasteiger partial charge < -0.3 is 20.5 Å². The molecule has 3 amide bonds. The van der Waals surface area contributed by atoms with Gasteiger partial charge in [0.1, 0.15) is 11.9 Å². The zero-order valence-electron chi connectivity index (χ0n) is 19.6. The molecule has 1 aliphatic carbocycles. The third-order valence-corrected chi connectivity index (χ3v) is 5.81. The van der Waals surface area contributed by atoms with Gasteiger partial charge in [0.2, 0.25) is 12.3 Å². The molecular weight excluding hydrogens is 477 g/mol. The van der Waals surface area contributed by atoms with E-state index in [1.54, 1.807) is 30.3 Å². The zero-order chi connectivity index (χ0) is 25.6. The third kappa shape index (κ3) is 8.84. The Kier molecular flexibility index (Phi) is 12.0. The summed E-state index contributed by atoms with van der Waals surface area (Å²) in [5, 5.41) is 13.8. The Balaban J connectivity index is 0.000000466. The molecule has 3 N–H and O–H groups in total. The molecule has 2 aromatic rings. The molecule has 0 radical (unpaired) electrons. The van der Waals surface area contributed by atoms with E-state index in [0.29, 0.717) is 22.7 Å². The van der Waals surface area contributed by atoms with Gasteiger partial charge in [-0.25, -0.2) is 9.18 Å². The number of ether oxygens (including phenoxy) is 1. The van der Waals surface area contributed by atoms with E-state index in [-0.39, 0.29) is 25.1 Å². The van der Waals surface area contributed by atoms with Crippen LogP contribution in [-0.4, -0.2) is 49.8 Å². The van der Waals surface area contributed by atoms with Gasteiger partial charge in [0.25, 0.3) is 0 Å². The minimum atomic E-state index is -0.972. The van der Waals surface area contributed by atoms with Crippen LogP contribution in [0.15, 0.2) is 48.5 Å². The Morgan fingerprint density at radius 1 is 1.20 bits per heavy atom. The van der Waals surface area contributed by atoms with E-state index in [2.05, 4.69) is 15.4 Å². The second-order valence-electron chi connectivity index (χ2n) is 7.90. The van der Waals surface area contributed by atoms with Gasteiger partial charge in [0.05, 0.1) is 13.7 Å². The molecule has 1 fully saturated rings. The predicted octanol–water partition coefficient (Wildman–Crippen LogP) is 3.97. The average molecular weight is 508 g/mol. The molecular formula is C25H31ClFN3O5. The average Bonchev–Trinajstić information content (AvgIpc) is 2.87. The Hall–Kier alpha value is -3.17. The van der Waals surface area contributed by atoms with Crippen LogP contribution in [0.1, 0.15) is 43.7 Å². The number of alkyl carbamates (subject to hydrolysis) is 1. The second-order valence-corrected chi connectivity index (χ2v) is 8.31. The van der Waals surface area contributed by atoms with Crippen molar-refractivity contribution in [1.29, 1.82) is 0 Å². The topological polar surface area (TPSA) is 108 Å².